The van der Waals surface area contributed by atoms with Crippen LogP contribution in [0.4, 0.5) is 0 Å². The van der Waals surface area contributed by atoms with E-state index in [-0.39, 0.29) is 11.5 Å². The fraction of sp³-hybridized carbons (Fsp3) is 0.276. The van der Waals surface area contributed by atoms with Gasteiger partial charge in [0, 0.05) is 17.1 Å². The van der Waals surface area contributed by atoms with Gasteiger partial charge in [0.15, 0.2) is 0 Å². The maximum atomic E-state index is 13.7. The molecule has 0 spiro atoms. The van der Waals surface area contributed by atoms with Gasteiger partial charge in [0.2, 0.25) is 0 Å². The number of para-hydroxylation sites is 2. The van der Waals surface area contributed by atoms with Gasteiger partial charge in [0.25, 0.3) is 11.5 Å². The Morgan fingerprint density at radius 1 is 0.943 bits per heavy atom. The Kier molecular flexibility index (Phi) is 7.98. The minimum absolute atomic E-state index is 0.104. The van der Waals surface area contributed by atoms with Crippen LogP contribution in [0.3, 0.4) is 0 Å². The van der Waals surface area contributed by atoms with E-state index in [2.05, 4.69) is 6.92 Å². The summed E-state index contributed by atoms with van der Waals surface area (Å²) in [5, 5.41) is 1.13. The summed E-state index contributed by atoms with van der Waals surface area (Å²) in [6, 6.07) is 23.3. The van der Waals surface area contributed by atoms with Gasteiger partial charge in [0.1, 0.15) is 5.82 Å². The van der Waals surface area contributed by atoms with Crippen LogP contribution in [0, 0.1) is 0 Å². The molecule has 1 aromatic heterocycles. The topological polar surface area (TPSA) is 55.2 Å². The van der Waals surface area contributed by atoms with E-state index < -0.39 is 6.04 Å². The SMILES string of the molecule is CCCCCCN(C(=O)c1ccc(Cl)cc1)C(C)c1nc2ccccc2c(=O)n1-c1ccccc1. The third-order valence-electron chi connectivity index (χ3n) is 6.26. The first-order valence-corrected chi connectivity index (χ1v) is 12.5. The number of amides is 1. The van der Waals surface area contributed by atoms with Crippen LogP contribution in [-0.2, 0) is 0 Å². The predicted octanol–water partition coefficient (Wildman–Crippen LogP) is 6.82. The first kappa shape index (κ1) is 24.7. The van der Waals surface area contributed by atoms with E-state index in [9.17, 15) is 9.59 Å². The fourth-order valence-corrected chi connectivity index (χ4v) is 4.46. The molecule has 0 fully saturated rings. The maximum absolute atomic E-state index is 13.7. The average molecular weight is 488 g/mol. The van der Waals surface area contributed by atoms with Crippen molar-refractivity contribution in [1.82, 2.24) is 14.5 Å². The van der Waals surface area contributed by atoms with Gasteiger partial charge in [0.05, 0.1) is 22.6 Å². The molecule has 35 heavy (non-hydrogen) atoms. The number of unbranched alkanes of at least 4 members (excludes halogenated alkanes) is 3. The Labute approximate surface area is 211 Å². The molecule has 4 aromatic rings. The standard InChI is InChI=1S/C29H30ClN3O2/c1-3-4-5-11-20-32(28(34)22-16-18-23(30)19-17-22)21(2)27-31-26-15-10-9-14-25(26)29(35)33(27)24-12-7-6-8-13-24/h6-10,12-19,21H,3-5,11,20H2,1-2H3. The van der Waals surface area contributed by atoms with Crippen molar-refractivity contribution >= 4 is 28.4 Å². The molecular formula is C29H30ClN3O2. The van der Waals surface area contributed by atoms with Crippen LogP contribution in [0.1, 0.15) is 61.8 Å². The van der Waals surface area contributed by atoms with Gasteiger partial charge in [-0.2, -0.15) is 0 Å². The maximum Gasteiger partial charge on any atom is 0.266 e. The lowest BCUT2D eigenvalue weighted by atomic mass is 10.1. The van der Waals surface area contributed by atoms with Crippen LogP contribution >= 0.6 is 11.6 Å². The Morgan fingerprint density at radius 3 is 2.34 bits per heavy atom. The summed E-state index contributed by atoms with van der Waals surface area (Å²) in [7, 11) is 0. The van der Waals surface area contributed by atoms with E-state index >= 15 is 0 Å². The lowest BCUT2D eigenvalue weighted by Crippen LogP contribution is -2.38. The van der Waals surface area contributed by atoms with Crippen molar-refractivity contribution < 1.29 is 4.79 Å². The number of fused-ring (bicyclic) bond motifs is 1. The Balaban J connectivity index is 1.83. The van der Waals surface area contributed by atoms with Gasteiger partial charge in [-0.05, 0) is 61.9 Å². The lowest BCUT2D eigenvalue weighted by Gasteiger charge is -2.31. The molecule has 0 aliphatic carbocycles. The summed E-state index contributed by atoms with van der Waals surface area (Å²) in [6.45, 7) is 4.68. The van der Waals surface area contributed by atoms with Crippen molar-refractivity contribution in [2.75, 3.05) is 6.54 Å². The summed E-state index contributed by atoms with van der Waals surface area (Å²) in [5.41, 5.74) is 1.76. The highest BCUT2D eigenvalue weighted by molar-refractivity contribution is 6.30. The molecule has 180 valence electrons. The van der Waals surface area contributed by atoms with E-state index in [1.54, 1.807) is 34.9 Å². The van der Waals surface area contributed by atoms with Gasteiger partial charge in [-0.15, -0.1) is 0 Å². The number of aromatic nitrogens is 2. The van der Waals surface area contributed by atoms with E-state index in [1.807, 2.05) is 60.4 Å². The highest BCUT2D eigenvalue weighted by Crippen LogP contribution is 2.25. The van der Waals surface area contributed by atoms with Crippen LogP contribution < -0.4 is 5.56 Å². The van der Waals surface area contributed by atoms with Crippen molar-refractivity contribution in [2.24, 2.45) is 0 Å². The normalized spacial score (nSPS) is 12.0. The molecular weight excluding hydrogens is 458 g/mol. The highest BCUT2D eigenvalue weighted by Gasteiger charge is 2.27. The second-order valence-electron chi connectivity index (χ2n) is 8.71. The fourth-order valence-electron chi connectivity index (χ4n) is 4.33. The largest absolute Gasteiger partial charge is 0.329 e. The van der Waals surface area contributed by atoms with Crippen molar-refractivity contribution in [2.45, 2.75) is 45.6 Å². The molecule has 1 amide bonds. The zero-order valence-electron chi connectivity index (χ0n) is 20.2. The number of hydrogen-bond donors (Lipinski definition) is 0. The van der Waals surface area contributed by atoms with Gasteiger partial charge >= 0.3 is 0 Å². The molecule has 0 saturated carbocycles. The van der Waals surface area contributed by atoms with E-state index in [0.29, 0.717) is 33.9 Å². The van der Waals surface area contributed by atoms with Crippen LogP contribution in [0.15, 0.2) is 83.7 Å². The first-order valence-electron chi connectivity index (χ1n) is 12.1. The third kappa shape index (κ3) is 5.46. The van der Waals surface area contributed by atoms with Gasteiger partial charge < -0.3 is 4.90 Å². The summed E-state index contributed by atoms with van der Waals surface area (Å²) < 4.78 is 1.64. The molecule has 6 heteroatoms. The molecule has 0 N–H and O–H groups in total. The smallest absolute Gasteiger partial charge is 0.266 e. The van der Waals surface area contributed by atoms with Crippen molar-refractivity contribution in [3.05, 3.63) is 106 Å². The Bertz CT molecular complexity index is 1350. The highest BCUT2D eigenvalue weighted by atomic mass is 35.5. The number of benzene rings is 3. The van der Waals surface area contributed by atoms with Crippen molar-refractivity contribution in [3.8, 4) is 5.69 Å². The number of nitrogens with zero attached hydrogens (tertiary/aromatic N) is 3. The third-order valence-corrected chi connectivity index (χ3v) is 6.51. The molecule has 3 aromatic carbocycles. The molecule has 0 saturated heterocycles. The van der Waals surface area contributed by atoms with Crippen molar-refractivity contribution in [3.63, 3.8) is 0 Å². The van der Waals surface area contributed by atoms with Crippen LogP contribution in [0.2, 0.25) is 5.02 Å². The van der Waals surface area contributed by atoms with Crippen molar-refractivity contribution in [1.29, 1.82) is 0 Å². The quantitative estimate of drug-likeness (QED) is 0.243. The molecule has 5 nitrogen and oxygen atoms in total. The zero-order chi connectivity index (χ0) is 24.8. The molecule has 1 atom stereocenters. The Morgan fingerprint density at radius 2 is 1.63 bits per heavy atom. The molecule has 0 aliphatic heterocycles. The number of carbonyl (C=O) groups is 1. The van der Waals surface area contributed by atoms with Crippen LogP contribution in [0.25, 0.3) is 16.6 Å². The number of hydrogen-bond acceptors (Lipinski definition) is 3. The van der Waals surface area contributed by atoms with Gasteiger partial charge in [-0.1, -0.05) is 68.1 Å². The number of halogens is 1. The molecule has 0 aliphatic rings. The molecule has 0 bridgehead atoms. The minimum Gasteiger partial charge on any atom is -0.329 e. The van der Waals surface area contributed by atoms with E-state index in [4.69, 9.17) is 16.6 Å². The molecule has 0 radical (unpaired) electrons. The summed E-state index contributed by atoms with van der Waals surface area (Å²) in [5.74, 6) is 0.436. The number of rotatable bonds is 9. The molecule has 4 rings (SSSR count). The summed E-state index contributed by atoms with van der Waals surface area (Å²) in [6.07, 6.45) is 4.13. The van der Waals surface area contributed by atoms with Gasteiger partial charge in [-0.3, -0.25) is 14.2 Å². The monoisotopic (exact) mass is 487 g/mol. The molecule has 1 heterocycles. The lowest BCUT2D eigenvalue weighted by molar-refractivity contribution is 0.0677. The van der Waals surface area contributed by atoms with Gasteiger partial charge in [-0.25, -0.2) is 4.98 Å². The summed E-state index contributed by atoms with van der Waals surface area (Å²) in [4.78, 5) is 34.1. The van der Waals surface area contributed by atoms with Crippen LogP contribution in [0.5, 0.6) is 0 Å². The predicted molar refractivity (Wildman–Crippen MR) is 142 cm³/mol. The first-order chi connectivity index (χ1) is 17.0. The average Bonchev–Trinajstić information content (AvgIpc) is 2.89. The number of carbonyl (C=O) groups excluding carboxylic acids is 1. The molecule has 1 unspecified atom stereocenters. The second-order valence-corrected chi connectivity index (χ2v) is 9.14. The minimum atomic E-state index is -0.433. The van der Waals surface area contributed by atoms with Crippen LogP contribution in [-0.4, -0.2) is 26.9 Å². The zero-order valence-corrected chi connectivity index (χ0v) is 20.9. The summed E-state index contributed by atoms with van der Waals surface area (Å²) >= 11 is 6.06. The van der Waals surface area contributed by atoms with E-state index in [0.717, 1.165) is 31.4 Å². The second kappa shape index (κ2) is 11.3. The van der Waals surface area contributed by atoms with E-state index in [1.165, 1.54) is 0 Å². The Hall–Kier alpha value is -3.44.